The van der Waals surface area contributed by atoms with E-state index in [9.17, 15) is 4.79 Å². The van der Waals surface area contributed by atoms with E-state index in [0.29, 0.717) is 31.5 Å². The van der Waals surface area contributed by atoms with Crippen LogP contribution in [-0.2, 0) is 17.9 Å². The van der Waals surface area contributed by atoms with Crippen molar-refractivity contribution in [2.45, 2.75) is 32.0 Å². The third kappa shape index (κ3) is 3.98. The van der Waals surface area contributed by atoms with Crippen molar-refractivity contribution >= 4 is 16.8 Å². The molecular formula is C22H24N2O3. The Balaban J connectivity index is 1.66. The van der Waals surface area contributed by atoms with Gasteiger partial charge in [0.15, 0.2) is 0 Å². The van der Waals surface area contributed by atoms with Gasteiger partial charge in [-0.15, -0.1) is 0 Å². The normalized spacial score (nSPS) is 13.7. The van der Waals surface area contributed by atoms with Crippen LogP contribution in [0.15, 0.2) is 54.6 Å². The number of hydrogen-bond donors (Lipinski definition) is 1. The van der Waals surface area contributed by atoms with Crippen molar-refractivity contribution in [3.8, 4) is 5.75 Å². The van der Waals surface area contributed by atoms with E-state index in [2.05, 4.69) is 5.32 Å². The average molecular weight is 364 g/mol. The topological polar surface area (TPSA) is 52.5 Å². The number of aromatic nitrogens is 1. The fourth-order valence-corrected chi connectivity index (χ4v) is 3.22. The second kappa shape index (κ2) is 7.84. The Kier molecular flexibility index (Phi) is 5.12. The first kappa shape index (κ1) is 17.6. The van der Waals surface area contributed by atoms with Crippen LogP contribution in [0.1, 0.15) is 28.9 Å². The first-order valence-electron chi connectivity index (χ1n) is 9.35. The van der Waals surface area contributed by atoms with Gasteiger partial charge < -0.3 is 19.4 Å². The number of methoxy groups -OCH3 is 1. The molecule has 1 heterocycles. The van der Waals surface area contributed by atoms with E-state index >= 15 is 0 Å². The maximum absolute atomic E-state index is 12.7. The number of hydrogen-bond acceptors (Lipinski definition) is 3. The molecule has 1 aromatic heterocycles. The number of rotatable bonds is 8. The number of benzene rings is 2. The second-order valence-corrected chi connectivity index (χ2v) is 6.88. The average Bonchev–Trinajstić information content (AvgIpc) is 3.43. The zero-order valence-electron chi connectivity index (χ0n) is 15.5. The molecule has 0 atom stereocenters. The maximum Gasteiger partial charge on any atom is 0.268 e. The highest BCUT2D eigenvalue weighted by atomic mass is 16.5. The first-order valence-corrected chi connectivity index (χ1v) is 9.35. The quantitative estimate of drug-likeness (QED) is 0.662. The van der Waals surface area contributed by atoms with Crippen molar-refractivity contribution in [1.82, 2.24) is 9.88 Å². The Labute approximate surface area is 158 Å². The van der Waals surface area contributed by atoms with Gasteiger partial charge in [-0.05, 0) is 36.6 Å². The smallest absolute Gasteiger partial charge is 0.268 e. The van der Waals surface area contributed by atoms with Gasteiger partial charge in [-0.3, -0.25) is 4.79 Å². The molecule has 3 aromatic rings. The lowest BCUT2D eigenvalue weighted by atomic mass is 10.2. The number of carbonyl (C=O) groups excluding carboxylic acids is 1. The molecule has 27 heavy (non-hydrogen) atoms. The van der Waals surface area contributed by atoms with Gasteiger partial charge in [0.1, 0.15) is 18.1 Å². The highest BCUT2D eigenvalue weighted by molar-refractivity contribution is 6.00. The molecule has 1 amide bonds. The van der Waals surface area contributed by atoms with E-state index in [1.165, 1.54) is 0 Å². The molecule has 4 rings (SSSR count). The molecule has 1 N–H and O–H groups in total. The summed E-state index contributed by atoms with van der Waals surface area (Å²) in [6, 6.07) is 18.3. The molecule has 0 unspecified atom stereocenters. The molecule has 5 nitrogen and oxygen atoms in total. The van der Waals surface area contributed by atoms with Gasteiger partial charge in [0.05, 0.1) is 12.1 Å². The van der Waals surface area contributed by atoms with Crippen LogP contribution < -0.4 is 10.1 Å². The molecule has 1 fully saturated rings. The van der Waals surface area contributed by atoms with Crippen molar-refractivity contribution in [2.75, 3.05) is 13.7 Å². The molecule has 0 bridgehead atoms. The summed E-state index contributed by atoms with van der Waals surface area (Å²) in [4.78, 5) is 12.7. The Morgan fingerprint density at radius 2 is 1.96 bits per heavy atom. The van der Waals surface area contributed by atoms with E-state index < -0.39 is 0 Å². The zero-order valence-corrected chi connectivity index (χ0v) is 15.5. The number of fused-ring (bicyclic) bond motifs is 1. The summed E-state index contributed by atoms with van der Waals surface area (Å²) < 4.78 is 13.3. The van der Waals surface area contributed by atoms with Gasteiger partial charge in [-0.25, -0.2) is 0 Å². The van der Waals surface area contributed by atoms with Crippen LogP contribution in [0, 0.1) is 0 Å². The van der Waals surface area contributed by atoms with Crippen molar-refractivity contribution in [1.29, 1.82) is 0 Å². The van der Waals surface area contributed by atoms with Crippen molar-refractivity contribution < 1.29 is 14.3 Å². The van der Waals surface area contributed by atoms with Crippen LogP contribution in [-0.4, -0.2) is 30.2 Å². The lowest BCUT2D eigenvalue weighted by Gasteiger charge is -2.11. The van der Waals surface area contributed by atoms with Gasteiger partial charge in [-0.1, -0.05) is 36.4 Å². The van der Waals surface area contributed by atoms with Crippen LogP contribution in [0.2, 0.25) is 0 Å². The molecule has 0 saturated heterocycles. The van der Waals surface area contributed by atoms with E-state index in [4.69, 9.17) is 9.47 Å². The minimum Gasteiger partial charge on any atom is -0.488 e. The Hall–Kier alpha value is -2.79. The summed E-state index contributed by atoms with van der Waals surface area (Å²) in [7, 11) is 1.67. The summed E-state index contributed by atoms with van der Waals surface area (Å²) >= 11 is 0. The molecule has 0 aliphatic heterocycles. The summed E-state index contributed by atoms with van der Waals surface area (Å²) in [5.74, 6) is 0.756. The van der Waals surface area contributed by atoms with Gasteiger partial charge >= 0.3 is 0 Å². The number of nitrogens with one attached hydrogen (secondary N) is 1. The van der Waals surface area contributed by atoms with Crippen molar-refractivity contribution in [3.05, 3.63) is 65.9 Å². The second-order valence-electron chi connectivity index (χ2n) is 6.88. The third-order valence-corrected chi connectivity index (χ3v) is 4.81. The Morgan fingerprint density at radius 1 is 1.15 bits per heavy atom. The molecule has 1 aliphatic rings. The molecule has 1 aliphatic carbocycles. The number of nitrogens with zero attached hydrogens (tertiary/aromatic N) is 1. The van der Waals surface area contributed by atoms with E-state index in [0.717, 1.165) is 35.1 Å². The minimum atomic E-state index is -0.0289. The van der Waals surface area contributed by atoms with Crippen LogP contribution in [0.3, 0.4) is 0 Å². The van der Waals surface area contributed by atoms with Gasteiger partial charge in [0.25, 0.3) is 5.91 Å². The zero-order chi connectivity index (χ0) is 18.6. The molecule has 140 valence electrons. The SMILES string of the molecule is COCCn1c(C(=O)NC2CC2)cc2c(OCc3ccccc3)cccc21. The first-order chi connectivity index (χ1) is 13.3. The molecule has 1 saturated carbocycles. The Morgan fingerprint density at radius 3 is 2.70 bits per heavy atom. The fraction of sp³-hybridized carbons (Fsp3) is 0.318. The van der Waals surface area contributed by atoms with Gasteiger partial charge in [-0.2, -0.15) is 0 Å². The highest BCUT2D eigenvalue weighted by Crippen LogP contribution is 2.30. The van der Waals surface area contributed by atoms with Crippen LogP contribution in [0.5, 0.6) is 5.75 Å². The van der Waals surface area contributed by atoms with E-state index in [-0.39, 0.29) is 5.91 Å². The predicted molar refractivity (Wildman–Crippen MR) is 105 cm³/mol. The number of amides is 1. The van der Waals surface area contributed by atoms with Crippen molar-refractivity contribution in [3.63, 3.8) is 0 Å². The number of carbonyl (C=O) groups is 1. The van der Waals surface area contributed by atoms with Gasteiger partial charge in [0.2, 0.25) is 0 Å². The molecular weight excluding hydrogens is 340 g/mol. The third-order valence-electron chi connectivity index (χ3n) is 4.81. The predicted octanol–water partition coefficient (Wildman–Crippen LogP) is 3.76. The fourth-order valence-electron chi connectivity index (χ4n) is 3.22. The summed E-state index contributed by atoms with van der Waals surface area (Å²) in [5.41, 5.74) is 2.75. The highest BCUT2D eigenvalue weighted by Gasteiger charge is 2.26. The lowest BCUT2D eigenvalue weighted by Crippen LogP contribution is -2.28. The summed E-state index contributed by atoms with van der Waals surface area (Å²) in [5, 5.41) is 4.03. The molecule has 0 radical (unpaired) electrons. The maximum atomic E-state index is 12.7. The van der Waals surface area contributed by atoms with Crippen molar-refractivity contribution in [2.24, 2.45) is 0 Å². The minimum absolute atomic E-state index is 0.0289. The molecule has 5 heteroatoms. The standard InChI is InChI=1S/C22H24N2O3/c1-26-13-12-24-19-8-5-9-21(27-15-16-6-3-2-4-7-16)18(19)14-20(24)22(25)23-17-10-11-17/h2-9,14,17H,10-13,15H2,1H3,(H,23,25). The molecule has 0 spiro atoms. The largest absolute Gasteiger partial charge is 0.488 e. The Bertz CT molecular complexity index is 929. The molecule has 2 aromatic carbocycles. The van der Waals surface area contributed by atoms with E-state index in [1.54, 1.807) is 7.11 Å². The monoisotopic (exact) mass is 364 g/mol. The summed E-state index contributed by atoms with van der Waals surface area (Å²) in [6.07, 6.45) is 2.13. The van der Waals surface area contributed by atoms with Crippen LogP contribution in [0.4, 0.5) is 0 Å². The summed E-state index contributed by atoms with van der Waals surface area (Å²) in [6.45, 7) is 1.66. The van der Waals surface area contributed by atoms with Crippen LogP contribution >= 0.6 is 0 Å². The van der Waals surface area contributed by atoms with Crippen LogP contribution in [0.25, 0.3) is 10.9 Å². The van der Waals surface area contributed by atoms with E-state index in [1.807, 2.05) is 59.2 Å². The lowest BCUT2D eigenvalue weighted by molar-refractivity contribution is 0.0939. The number of ether oxygens (including phenoxy) is 2. The van der Waals surface area contributed by atoms with Gasteiger partial charge in [0, 0.05) is 25.1 Å².